The smallest absolute Gasteiger partial charge is 0.301 e. The maximum Gasteiger partial charge on any atom is 0.301 e. The van der Waals surface area contributed by atoms with Crippen molar-refractivity contribution < 1.29 is 15.0 Å². The molecule has 1 heterocycles. The molecule has 0 unspecified atom stereocenters. The van der Waals surface area contributed by atoms with Crippen molar-refractivity contribution in [3.63, 3.8) is 0 Å². The Kier molecular flexibility index (Phi) is 9.29. The number of benzene rings is 3. The molecule has 9 heteroatoms. The highest BCUT2D eigenvalue weighted by molar-refractivity contribution is 5.79. The number of unbranched alkanes of at least 4 members (excludes halogenated alkanes) is 3. The SMILES string of the molecule is CCCCCCN(C=O)c1[nH]n(-c2ccccc2)c(=O)c1N=Nc1ccc(CCc2cc(O)ccc2O)cc1. The fraction of sp³-hybridized carbons (Fsp3) is 0.267. The molecule has 0 atom stereocenters. The van der Waals surface area contributed by atoms with Gasteiger partial charge in [0.2, 0.25) is 6.41 Å². The van der Waals surface area contributed by atoms with Crippen molar-refractivity contribution >= 4 is 23.6 Å². The number of carbonyl (C=O) groups excluding carboxylic acids is 1. The molecule has 4 aromatic rings. The van der Waals surface area contributed by atoms with Crippen LogP contribution < -0.4 is 10.5 Å². The van der Waals surface area contributed by atoms with Gasteiger partial charge >= 0.3 is 5.56 Å². The molecular weight excluding hydrogens is 494 g/mol. The van der Waals surface area contributed by atoms with Crippen LogP contribution in [0.1, 0.15) is 43.7 Å². The maximum atomic E-state index is 13.3. The maximum absolute atomic E-state index is 13.3. The Bertz CT molecular complexity index is 1460. The number of nitrogens with one attached hydrogen (secondary N) is 1. The first-order valence-corrected chi connectivity index (χ1v) is 13.1. The summed E-state index contributed by atoms with van der Waals surface area (Å²) in [6, 6.07) is 21.0. The second-order valence-corrected chi connectivity index (χ2v) is 9.32. The summed E-state index contributed by atoms with van der Waals surface area (Å²) in [4.78, 5) is 26.8. The van der Waals surface area contributed by atoms with E-state index in [1.54, 1.807) is 30.3 Å². The predicted molar refractivity (Wildman–Crippen MR) is 152 cm³/mol. The molecule has 1 aromatic heterocycles. The van der Waals surface area contributed by atoms with Crippen molar-refractivity contribution in [2.45, 2.75) is 45.4 Å². The minimum atomic E-state index is -0.400. The van der Waals surface area contributed by atoms with Crippen LogP contribution in [-0.4, -0.2) is 32.9 Å². The average Bonchev–Trinajstić information content (AvgIpc) is 3.29. The molecule has 3 aromatic carbocycles. The number of H-pyrrole nitrogens is 1. The Morgan fingerprint density at radius 3 is 2.41 bits per heavy atom. The Morgan fingerprint density at radius 2 is 1.69 bits per heavy atom. The molecule has 39 heavy (non-hydrogen) atoms. The zero-order valence-electron chi connectivity index (χ0n) is 22.0. The lowest BCUT2D eigenvalue weighted by molar-refractivity contribution is -0.107. The highest BCUT2D eigenvalue weighted by Crippen LogP contribution is 2.27. The summed E-state index contributed by atoms with van der Waals surface area (Å²) >= 11 is 0. The second-order valence-electron chi connectivity index (χ2n) is 9.32. The molecule has 4 rings (SSSR count). The zero-order chi connectivity index (χ0) is 27.6. The summed E-state index contributed by atoms with van der Waals surface area (Å²) in [5.41, 5.74) is 2.53. The van der Waals surface area contributed by atoms with Gasteiger partial charge in [0.25, 0.3) is 0 Å². The Hall–Kier alpha value is -4.66. The van der Waals surface area contributed by atoms with Crippen LogP contribution in [0.15, 0.2) is 87.8 Å². The van der Waals surface area contributed by atoms with Crippen LogP contribution in [0.4, 0.5) is 17.2 Å². The van der Waals surface area contributed by atoms with Crippen molar-refractivity contribution in [2.75, 3.05) is 11.4 Å². The van der Waals surface area contributed by atoms with Crippen molar-refractivity contribution in [3.8, 4) is 17.2 Å². The topological polar surface area (TPSA) is 123 Å². The highest BCUT2D eigenvalue weighted by Gasteiger charge is 2.20. The van der Waals surface area contributed by atoms with Gasteiger partial charge in [-0.1, -0.05) is 56.5 Å². The summed E-state index contributed by atoms with van der Waals surface area (Å²) < 4.78 is 1.37. The average molecular weight is 528 g/mol. The molecule has 0 fully saturated rings. The van der Waals surface area contributed by atoms with E-state index in [-0.39, 0.29) is 17.2 Å². The van der Waals surface area contributed by atoms with E-state index in [0.717, 1.165) is 31.2 Å². The number of aryl methyl sites for hydroxylation is 2. The van der Waals surface area contributed by atoms with Crippen LogP contribution in [0.2, 0.25) is 0 Å². The van der Waals surface area contributed by atoms with E-state index < -0.39 is 5.56 Å². The first kappa shape index (κ1) is 27.4. The number of hydrogen-bond acceptors (Lipinski definition) is 6. The van der Waals surface area contributed by atoms with Crippen LogP contribution in [0, 0.1) is 0 Å². The van der Waals surface area contributed by atoms with Gasteiger partial charge in [0.1, 0.15) is 11.5 Å². The molecule has 9 nitrogen and oxygen atoms in total. The Balaban J connectivity index is 1.55. The molecule has 0 aliphatic carbocycles. The van der Waals surface area contributed by atoms with Gasteiger partial charge in [0.15, 0.2) is 11.5 Å². The van der Waals surface area contributed by atoms with Gasteiger partial charge in [-0.3, -0.25) is 19.6 Å². The summed E-state index contributed by atoms with van der Waals surface area (Å²) in [5.74, 6) is 0.571. The Labute approximate surface area is 227 Å². The third kappa shape index (κ3) is 7.01. The number of aromatic nitrogens is 2. The van der Waals surface area contributed by atoms with E-state index in [4.69, 9.17) is 0 Å². The van der Waals surface area contributed by atoms with Crippen LogP contribution in [0.25, 0.3) is 5.69 Å². The number of anilines is 1. The highest BCUT2D eigenvalue weighted by atomic mass is 16.3. The van der Waals surface area contributed by atoms with Gasteiger partial charge in [-0.2, -0.15) is 5.11 Å². The van der Waals surface area contributed by atoms with E-state index in [1.165, 1.54) is 21.7 Å². The summed E-state index contributed by atoms with van der Waals surface area (Å²) in [5, 5.41) is 31.3. The molecule has 0 bridgehead atoms. The van der Waals surface area contributed by atoms with E-state index in [0.29, 0.717) is 48.6 Å². The van der Waals surface area contributed by atoms with Gasteiger partial charge in [0.05, 0.1) is 11.4 Å². The van der Waals surface area contributed by atoms with Crippen molar-refractivity contribution in [3.05, 3.63) is 94.3 Å². The number of phenolic OH excluding ortho intramolecular Hbond substituents is 2. The van der Waals surface area contributed by atoms with E-state index >= 15 is 0 Å². The van der Waals surface area contributed by atoms with Gasteiger partial charge in [-0.15, -0.1) is 5.11 Å². The minimum absolute atomic E-state index is 0.0601. The molecule has 0 spiro atoms. The first-order chi connectivity index (χ1) is 19.0. The molecule has 0 saturated heterocycles. The van der Waals surface area contributed by atoms with Gasteiger partial charge in [-0.25, -0.2) is 4.68 Å². The number of azo groups is 1. The molecule has 1 amide bonds. The van der Waals surface area contributed by atoms with E-state index in [2.05, 4.69) is 22.3 Å². The quantitative estimate of drug-likeness (QED) is 0.0814. The monoisotopic (exact) mass is 527 g/mol. The van der Waals surface area contributed by atoms with Gasteiger partial charge in [0, 0.05) is 6.54 Å². The van der Waals surface area contributed by atoms with Gasteiger partial charge in [-0.05, 0) is 72.9 Å². The molecule has 0 saturated carbocycles. The largest absolute Gasteiger partial charge is 0.508 e. The number of phenols is 2. The molecule has 0 radical (unpaired) electrons. The van der Waals surface area contributed by atoms with E-state index in [1.807, 2.05) is 30.3 Å². The predicted octanol–water partition coefficient (Wildman–Crippen LogP) is 6.32. The van der Waals surface area contributed by atoms with Crippen molar-refractivity contribution in [1.29, 1.82) is 0 Å². The minimum Gasteiger partial charge on any atom is -0.508 e. The zero-order valence-corrected chi connectivity index (χ0v) is 22.0. The molecule has 202 valence electrons. The molecule has 0 aliphatic rings. The lowest BCUT2D eigenvalue weighted by Crippen LogP contribution is -2.23. The molecular formula is C30H33N5O4. The second kappa shape index (κ2) is 13.2. The molecule has 0 aliphatic heterocycles. The number of hydrogen-bond donors (Lipinski definition) is 3. The molecule has 3 N–H and O–H groups in total. The number of amides is 1. The van der Waals surface area contributed by atoms with Gasteiger partial charge < -0.3 is 10.2 Å². The standard InChI is InChI=1S/C30H33N5O4/c1-2-3-4-8-19-34(21-36)29-28(30(39)35(33-29)25-9-6-5-7-10-25)32-31-24-15-12-22(13-16-24)11-14-23-20-26(37)17-18-27(23)38/h5-7,9-10,12-13,15-18,20-21,33,37-38H,2-4,8,11,14,19H2,1H3. The number of rotatable bonds is 13. The fourth-order valence-electron chi connectivity index (χ4n) is 4.28. The van der Waals surface area contributed by atoms with Crippen molar-refractivity contribution in [2.24, 2.45) is 10.2 Å². The number of para-hydroxylation sites is 1. The van der Waals surface area contributed by atoms with Crippen LogP contribution in [-0.2, 0) is 17.6 Å². The lowest BCUT2D eigenvalue weighted by Gasteiger charge is -2.15. The third-order valence-electron chi connectivity index (χ3n) is 6.48. The first-order valence-electron chi connectivity index (χ1n) is 13.1. The van der Waals surface area contributed by atoms with Crippen LogP contribution in [0.3, 0.4) is 0 Å². The summed E-state index contributed by atoms with van der Waals surface area (Å²) in [6.07, 6.45) is 5.88. The summed E-state index contributed by atoms with van der Waals surface area (Å²) in [6.45, 7) is 2.59. The number of aromatic amines is 1. The Morgan fingerprint density at radius 1 is 0.923 bits per heavy atom. The summed E-state index contributed by atoms with van der Waals surface area (Å²) in [7, 11) is 0. The van der Waals surface area contributed by atoms with Crippen LogP contribution in [0.5, 0.6) is 11.5 Å². The van der Waals surface area contributed by atoms with Crippen molar-refractivity contribution in [1.82, 2.24) is 9.78 Å². The third-order valence-corrected chi connectivity index (χ3v) is 6.48. The fourth-order valence-corrected chi connectivity index (χ4v) is 4.28. The van der Waals surface area contributed by atoms with Crippen LogP contribution >= 0.6 is 0 Å². The van der Waals surface area contributed by atoms with E-state index in [9.17, 15) is 19.8 Å². The number of aromatic hydroxyl groups is 2. The number of nitrogens with zero attached hydrogens (tertiary/aromatic N) is 4. The lowest BCUT2D eigenvalue weighted by atomic mass is 10.0. The normalized spacial score (nSPS) is 11.2. The number of carbonyl (C=O) groups is 1.